The Morgan fingerprint density at radius 2 is 2.00 bits per heavy atom. The first-order chi connectivity index (χ1) is 17.1. The molecule has 4 heterocycles. The molecule has 1 unspecified atom stereocenters. The van der Waals surface area contributed by atoms with Gasteiger partial charge in [0, 0.05) is 49.2 Å². The number of hydrogen-bond acceptors (Lipinski definition) is 6. The van der Waals surface area contributed by atoms with E-state index in [4.69, 9.17) is 4.74 Å². The number of hydrogen-bond donors (Lipinski definition) is 1. The van der Waals surface area contributed by atoms with Crippen molar-refractivity contribution in [2.75, 3.05) is 26.3 Å². The summed E-state index contributed by atoms with van der Waals surface area (Å²) in [4.78, 5) is 24.0. The Labute approximate surface area is 210 Å². The molecule has 3 aromatic rings. The van der Waals surface area contributed by atoms with E-state index in [-0.39, 0.29) is 12.0 Å². The lowest BCUT2D eigenvalue weighted by atomic mass is 9.92. The summed E-state index contributed by atoms with van der Waals surface area (Å²) in [6.07, 6.45) is 10.2. The second-order valence-electron chi connectivity index (χ2n) is 9.42. The Bertz CT molecular complexity index is 1250. The van der Waals surface area contributed by atoms with Gasteiger partial charge in [-0.2, -0.15) is 0 Å². The highest BCUT2D eigenvalue weighted by Gasteiger charge is 2.29. The van der Waals surface area contributed by atoms with E-state index >= 15 is 0 Å². The fourth-order valence-electron chi connectivity index (χ4n) is 5.21. The average molecular weight is 490 g/mol. The standard InChI is InChI=1S/C28H31N3O3S/c1-2-25(31-11-7-20(8-12-31)28(32)33)24-17-29-16-22-5-4-21(15-23(22)24)26-18-30-27(35-26)6-3-19-9-13-34-14-10-19/h4-5,15-20,25H,2,7-14H2,1H3,(H,32,33). The maximum Gasteiger partial charge on any atom is 0.306 e. The number of pyridine rings is 1. The summed E-state index contributed by atoms with van der Waals surface area (Å²) in [5, 5.41) is 12.6. The minimum atomic E-state index is -0.671. The predicted octanol–water partition coefficient (Wildman–Crippen LogP) is 5.38. The van der Waals surface area contributed by atoms with Gasteiger partial charge in [0.1, 0.15) is 0 Å². The van der Waals surface area contributed by atoms with E-state index < -0.39 is 5.97 Å². The van der Waals surface area contributed by atoms with Crippen LogP contribution in [0, 0.1) is 23.7 Å². The van der Waals surface area contributed by atoms with Crippen LogP contribution < -0.4 is 0 Å². The van der Waals surface area contributed by atoms with E-state index in [0.29, 0.717) is 18.8 Å². The third-order valence-electron chi connectivity index (χ3n) is 7.25. The molecule has 2 aromatic heterocycles. The molecule has 2 aliphatic rings. The molecule has 0 spiro atoms. The highest BCUT2D eigenvalue weighted by atomic mass is 32.1. The van der Waals surface area contributed by atoms with Crippen molar-refractivity contribution in [2.24, 2.45) is 11.8 Å². The van der Waals surface area contributed by atoms with E-state index in [1.54, 1.807) is 11.3 Å². The molecule has 0 bridgehead atoms. The normalized spacial score (nSPS) is 18.8. The summed E-state index contributed by atoms with van der Waals surface area (Å²) in [5.74, 6) is 6.16. The number of piperidine rings is 1. The van der Waals surface area contributed by atoms with Gasteiger partial charge in [-0.05, 0) is 73.7 Å². The average Bonchev–Trinajstić information content (AvgIpc) is 3.38. The van der Waals surface area contributed by atoms with Gasteiger partial charge in [0.2, 0.25) is 0 Å². The Hall–Kier alpha value is -2.79. The summed E-state index contributed by atoms with van der Waals surface area (Å²) in [6, 6.07) is 6.74. The summed E-state index contributed by atoms with van der Waals surface area (Å²) in [5.41, 5.74) is 2.35. The quantitative estimate of drug-likeness (QED) is 0.485. The molecule has 0 radical (unpaired) electrons. The van der Waals surface area contributed by atoms with Crippen LogP contribution in [0.2, 0.25) is 0 Å². The third kappa shape index (κ3) is 5.40. The molecule has 1 atom stereocenters. The van der Waals surface area contributed by atoms with Crippen LogP contribution in [-0.4, -0.2) is 52.2 Å². The van der Waals surface area contributed by atoms with E-state index in [0.717, 1.165) is 66.4 Å². The largest absolute Gasteiger partial charge is 0.481 e. The predicted molar refractivity (Wildman–Crippen MR) is 138 cm³/mol. The summed E-state index contributed by atoms with van der Waals surface area (Å²) >= 11 is 1.64. The monoisotopic (exact) mass is 489 g/mol. The van der Waals surface area contributed by atoms with Gasteiger partial charge in [0.05, 0.1) is 10.8 Å². The summed E-state index contributed by atoms with van der Waals surface area (Å²) in [6.45, 7) is 5.40. The Kier molecular flexibility index (Phi) is 7.43. The van der Waals surface area contributed by atoms with Crippen molar-refractivity contribution in [1.82, 2.24) is 14.9 Å². The van der Waals surface area contributed by atoms with Crippen LogP contribution in [-0.2, 0) is 9.53 Å². The minimum Gasteiger partial charge on any atom is -0.481 e. The summed E-state index contributed by atoms with van der Waals surface area (Å²) < 4.78 is 5.42. The molecular weight excluding hydrogens is 458 g/mol. The third-order valence-corrected chi connectivity index (χ3v) is 8.21. The number of nitrogens with zero attached hydrogens (tertiary/aromatic N) is 3. The lowest BCUT2D eigenvalue weighted by Crippen LogP contribution is -2.38. The SMILES string of the molecule is CCC(c1cncc2ccc(-c3cnc(C#CC4CCOCC4)s3)cc12)N1CCC(C(=O)O)CC1. The maximum absolute atomic E-state index is 11.4. The van der Waals surface area contributed by atoms with Gasteiger partial charge in [0.25, 0.3) is 0 Å². The van der Waals surface area contributed by atoms with Gasteiger partial charge in [-0.3, -0.25) is 14.7 Å². The molecule has 6 nitrogen and oxygen atoms in total. The molecule has 0 saturated carbocycles. The van der Waals surface area contributed by atoms with Crippen LogP contribution in [0.3, 0.4) is 0 Å². The number of carboxylic acids is 1. The van der Waals surface area contributed by atoms with Gasteiger partial charge in [0.15, 0.2) is 5.01 Å². The molecule has 0 aliphatic carbocycles. The number of thiazole rings is 1. The fraction of sp³-hybridized carbons (Fsp3) is 0.464. The lowest BCUT2D eigenvalue weighted by Gasteiger charge is -2.36. The summed E-state index contributed by atoms with van der Waals surface area (Å²) in [7, 11) is 0. The Balaban J connectivity index is 1.40. The molecule has 1 N–H and O–H groups in total. The number of aromatic nitrogens is 2. The zero-order valence-electron chi connectivity index (χ0n) is 20.1. The first kappa shape index (κ1) is 23.9. The minimum absolute atomic E-state index is 0.221. The van der Waals surface area contributed by atoms with E-state index in [9.17, 15) is 9.90 Å². The second kappa shape index (κ2) is 10.9. The van der Waals surface area contributed by atoms with Crippen molar-refractivity contribution >= 4 is 28.1 Å². The lowest BCUT2D eigenvalue weighted by molar-refractivity contribution is -0.143. The van der Waals surface area contributed by atoms with Gasteiger partial charge in [-0.15, -0.1) is 11.3 Å². The number of ether oxygens (including phenoxy) is 1. The first-order valence-corrected chi connectivity index (χ1v) is 13.3. The molecule has 5 rings (SSSR count). The van der Waals surface area contributed by atoms with Crippen LogP contribution in [0.4, 0.5) is 0 Å². The number of carbonyl (C=O) groups is 1. The number of benzene rings is 1. The Morgan fingerprint density at radius 3 is 2.74 bits per heavy atom. The number of likely N-dealkylation sites (tertiary alicyclic amines) is 1. The number of fused-ring (bicyclic) bond motifs is 1. The van der Waals surface area contributed by atoms with Gasteiger partial charge < -0.3 is 9.84 Å². The van der Waals surface area contributed by atoms with Crippen LogP contribution >= 0.6 is 11.3 Å². The molecule has 7 heteroatoms. The van der Waals surface area contributed by atoms with Gasteiger partial charge in [-0.25, -0.2) is 4.98 Å². The van der Waals surface area contributed by atoms with Gasteiger partial charge in [-0.1, -0.05) is 25.0 Å². The molecule has 2 saturated heterocycles. The topological polar surface area (TPSA) is 75.6 Å². The van der Waals surface area contributed by atoms with Crippen LogP contribution in [0.5, 0.6) is 0 Å². The van der Waals surface area contributed by atoms with Crippen molar-refractivity contribution in [3.8, 4) is 22.3 Å². The number of rotatable bonds is 5. The van der Waals surface area contributed by atoms with E-state index in [2.05, 4.69) is 51.8 Å². The van der Waals surface area contributed by atoms with Crippen molar-refractivity contribution in [1.29, 1.82) is 0 Å². The zero-order valence-corrected chi connectivity index (χ0v) is 20.9. The first-order valence-electron chi connectivity index (χ1n) is 12.5. The zero-order chi connectivity index (χ0) is 24.2. The number of carboxylic acid groups (broad SMARTS) is 1. The fourth-order valence-corrected chi connectivity index (χ4v) is 5.98. The van der Waals surface area contributed by atoms with Crippen molar-refractivity contribution in [3.63, 3.8) is 0 Å². The molecular formula is C28H31N3O3S. The van der Waals surface area contributed by atoms with Gasteiger partial charge >= 0.3 is 5.97 Å². The molecule has 35 heavy (non-hydrogen) atoms. The number of aliphatic carboxylic acids is 1. The van der Waals surface area contributed by atoms with Crippen LogP contribution in [0.1, 0.15) is 55.6 Å². The van der Waals surface area contributed by atoms with Crippen molar-refractivity contribution in [3.05, 3.63) is 47.4 Å². The van der Waals surface area contributed by atoms with Crippen molar-refractivity contribution in [2.45, 2.75) is 45.1 Å². The van der Waals surface area contributed by atoms with Crippen LogP contribution in [0.15, 0.2) is 36.8 Å². The van der Waals surface area contributed by atoms with Crippen molar-refractivity contribution < 1.29 is 14.6 Å². The molecule has 0 amide bonds. The highest BCUT2D eigenvalue weighted by molar-refractivity contribution is 7.15. The molecule has 1 aromatic carbocycles. The van der Waals surface area contributed by atoms with E-state index in [1.165, 1.54) is 10.9 Å². The maximum atomic E-state index is 11.4. The molecule has 182 valence electrons. The highest BCUT2D eigenvalue weighted by Crippen LogP contribution is 2.36. The second-order valence-corrected chi connectivity index (χ2v) is 10.5. The molecule has 2 aliphatic heterocycles. The van der Waals surface area contributed by atoms with Crippen LogP contribution in [0.25, 0.3) is 21.2 Å². The molecule has 2 fully saturated rings. The Morgan fingerprint density at radius 1 is 1.20 bits per heavy atom. The van der Waals surface area contributed by atoms with E-state index in [1.807, 2.05) is 18.6 Å². The smallest absolute Gasteiger partial charge is 0.306 e.